The summed E-state index contributed by atoms with van der Waals surface area (Å²) in [6, 6.07) is 15.9. The van der Waals surface area contributed by atoms with E-state index >= 15 is 0 Å². The fourth-order valence-electron chi connectivity index (χ4n) is 3.66. The molecule has 1 aliphatic rings. The van der Waals surface area contributed by atoms with Crippen molar-refractivity contribution in [2.75, 3.05) is 19.0 Å². The molecule has 9 heteroatoms. The lowest BCUT2D eigenvalue weighted by atomic mass is 9.87. The summed E-state index contributed by atoms with van der Waals surface area (Å²) in [6.07, 6.45) is 0.372. The van der Waals surface area contributed by atoms with Crippen LogP contribution < -0.4 is 15.4 Å². The van der Waals surface area contributed by atoms with Crippen molar-refractivity contribution in [2.24, 2.45) is 0 Å². The smallest absolute Gasteiger partial charge is 0.325 e. The molecule has 1 unspecified atom stereocenters. The molecular weight excluding hydrogens is 428 g/mol. The number of thiazole rings is 1. The summed E-state index contributed by atoms with van der Waals surface area (Å²) in [7, 11) is 1.60. The van der Waals surface area contributed by atoms with E-state index in [4.69, 9.17) is 4.74 Å². The van der Waals surface area contributed by atoms with E-state index in [1.807, 2.05) is 54.8 Å². The third kappa shape index (κ3) is 3.94. The molecule has 4 rings (SSSR count). The lowest BCUT2D eigenvalue weighted by molar-refractivity contribution is -0.134. The van der Waals surface area contributed by atoms with Gasteiger partial charge in [-0.2, -0.15) is 0 Å². The minimum atomic E-state index is -1.17. The van der Waals surface area contributed by atoms with Crippen molar-refractivity contribution in [1.82, 2.24) is 15.2 Å². The fraction of sp³-hybridized carbons (Fsp3) is 0.217. The first-order valence-electron chi connectivity index (χ1n) is 10.1. The summed E-state index contributed by atoms with van der Waals surface area (Å²) >= 11 is 1.27. The molecule has 32 heavy (non-hydrogen) atoms. The number of ether oxygens (including phenoxy) is 1. The van der Waals surface area contributed by atoms with Gasteiger partial charge in [-0.05, 0) is 36.2 Å². The zero-order chi connectivity index (χ0) is 22.7. The number of imide groups is 1. The number of anilines is 1. The van der Waals surface area contributed by atoms with Crippen molar-refractivity contribution in [3.63, 3.8) is 0 Å². The number of nitrogens with one attached hydrogen (secondary N) is 2. The van der Waals surface area contributed by atoms with Gasteiger partial charge in [0.1, 0.15) is 17.8 Å². The maximum Gasteiger partial charge on any atom is 0.325 e. The standard InChI is InChI=1S/C23H22N4O4S/c1-3-23(16-7-5-4-6-8-16)20(29)27(22(30)26-23)13-19(28)25-21-24-18(14-32-21)15-9-11-17(31-2)12-10-15/h4-12,14H,3,13H2,1-2H3,(H,26,30)(H,24,25,28). The summed E-state index contributed by atoms with van der Waals surface area (Å²) in [4.78, 5) is 43.7. The molecule has 0 saturated carbocycles. The maximum absolute atomic E-state index is 13.1. The lowest BCUT2D eigenvalue weighted by Gasteiger charge is -2.25. The first-order chi connectivity index (χ1) is 15.5. The lowest BCUT2D eigenvalue weighted by Crippen LogP contribution is -2.44. The third-order valence-corrected chi connectivity index (χ3v) is 6.17. The van der Waals surface area contributed by atoms with Gasteiger partial charge in [0, 0.05) is 10.9 Å². The van der Waals surface area contributed by atoms with Gasteiger partial charge in [0.2, 0.25) is 5.91 Å². The first kappa shape index (κ1) is 21.5. The Hall–Kier alpha value is -3.72. The highest BCUT2D eigenvalue weighted by Crippen LogP contribution is 2.32. The minimum absolute atomic E-state index is 0.372. The molecule has 8 nitrogen and oxygen atoms in total. The number of carbonyl (C=O) groups excluding carboxylic acids is 3. The van der Waals surface area contributed by atoms with E-state index in [-0.39, 0.29) is 0 Å². The summed E-state index contributed by atoms with van der Waals surface area (Å²) in [5, 5.41) is 7.66. The summed E-state index contributed by atoms with van der Waals surface area (Å²) < 4.78 is 5.15. The Bertz CT molecular complexity index is 1150. The van der Waals surface area contributed by atoms with Gasteiger partial charge >= 0.3 is 6.03 Å². The number of urea groups is 1. The Morgan fingerprint density at radius 2 is 1.88 bits per heavy atom. The monoisotopic (exact) mass is 450 g/mol. The second kappa shape index (κ2) is 8.80. The average molecular weight is 451 g/mol. The molecule has 1 atom stereocenters. The molecule has 0 aliphatic carbocycles. The largest absolute Gasteiger partial charge is 0.497 e. The van der Waals surface area contributed by atoms with Crippen LogP contribution in [-0.2, 0) is 15.1 Å². The molecule has 1 aromatic heterocycles. The van der Waals surface area contributed by atoms with Crippen LogP contribution in [0.3, 0.4) is 0 Å². The van der Waals surface area contributed by atoms with Crippen LogP contribution in [0.5, 0.6) is 5.75 Å². The minimum Gasteiger partial charge on any atom is -0.497 e. The first-order valence-corrected chi connectivity index (χ1v) is 10.9. The quantitative estimate of drug-likeness (QED) is 0.536. The van der Waals surface area contributed by atoms with E-state index in [1.54, 1.807) is 19.2 Å². The van der Waals surface area contributed by atoms with E-state index in [2.05, 4.69) is 15.6 Å². The van der Waals surface area contributed by atoms with Crippen LogP contribution in [-0.4, -0.2) is 41.4 Å². The predicted octanol–water partition coefficient (Wildman–Crippen LogP) is 3.61. The summed E-state index contributed by atoms with van der Waals surface area (Å²) in [5.41, 5.74) is 1.11. The topological polar surface area (TPSA) is 101 Å². The van der Waals surface area contributed by atoms with Gasteiger partial charge in [0.15, 0.2) is 5.13 Å². The van der Waals surface area contributed by atoms with Gasteiger partial charge in [-0.25, -0.2) is 9.78 Å². The molecule has 2 heterocycles. The van der Waals surface area contributed by atoms with E-state index in [1.165, 1.54) is 11.3 Å². The zero-order valence-electron chi connectivity index (χ0n) is 17.6. The number of carbonyl (C=O) groups is 3. The van der Waals surface area contributed by atoms with Crippen molar-refractivity contribution in [3.8, 4) is 17.0 Å². The number of rotatable bonds is 7. The van der Waals surface area contributed by atoms with Crippen molar-refractivity contribution < 1.29 is 19.1 Å². The van der Waals surface area contributed by atoms with Gasteiger partial charge in [0.05, 0.1) is 12.8 Å². The Balaban J connectivity index is 1.45. The van der Waals surface area contributed by atoms with Crippen LogP contribution in [0.15, 0.2) is 60.0 Å². The van der Waals surface area contributed by atoms with E-state index in [0.717, 1.165) is 16.2 Å². The Morgan fingerprint density at radius 1 is 1.16 bits per heavy atom. The number of nitrogens with zero attached hydrogens (tertiary/aromatic N) is 2. The molecule has 2 N–H and O–H groups in total. The molecule has 0 bridgehead atoms. The van der Waals surface area contributed by atoms with Crippen molar-refractivity contribution >= 4 is 34.3 Å². The highest BCUT2D eigenvalue weighted by atomic mass is 32.1. The van der Waals surface area contributed by atoms with Crippen molar-refractivity contribution in [2.45, 2.75) is 18.9 Å². The molecule has 0 radical (unpaired) electrons. The third-order valence-electron chi connectivity index (χ3n) is 5.41. The second-order valence-electron chi connectivity index (χ2n) is 7.26. The number of aromatic nitrogens is 1. The predicted molar refractivity (Wildman–Crippen MR) is 121 cm³/mol. The number of hydrogen-bond donors (Lipinski definition) is 2. The molecule has 3 aromatic rings. The van der Waals surface area contributed by atoms with E-state index < -0.39 is 29.9 Å². The number of methoxy groups -OCH3 is 1. The zero-order valence-corrected chi connectivity index (χ0v) is 18.4. The van der Waals surface area contributed by atoms with Gasteiger partial charge < -0.3 is 15.4 Å². The van der Waals surface area contributed by atoms with Crippen molar-refractivity contribution in [1.29, 1.82) is 0 Å². The number of benzene rings is 2. The average Bonchev–Trinajstić information content (AvgIpc) is 3.38. The maximum atomic E-state index is 13.1. The van der Waals surface area contributed by atoms with Crippen LogP contribution in [0.4, 0.5) is 9.93 Å². The number of amides is 4. The Morgan fingerprint density at radius 3 is 2.53 bits per heavy atom. The fourth-order valence-corrected chi connectivity index (χ4v) is 4.40. The van der Waals surface area contributed by atoms with Crippen LogP contribution >= 0.6 is 11.3 Å². The van der Waals surface area contributed by atoms with Crippen LogP contribution in [0.1, 0.15) is 18.9 Å². The molecule has 1 aliphatic heterocycles. The van der Waals surface area contributed by atoms with Crippen molar-refractivity contribution in [3.05, 3.63) is 65.5 Å². The van der Waals surface area contributed by atoms with E-state index in [9.17, 15) is 14.4 Å². The Labute approximate surface area is 189 Å². The molecule has 164 valence electrons. The second-order valence-corrected chi connectivity index (χ2v) is 8.12. The van der Waals surface area contributed by atoms with Crippen LogP contribution in [0, 0.1) is 0 Å². The van der Waals surface area contributed by atoms with Crippen LogP contribution in [0.25, 0.3) is 11.3 Å². The summed E-state index contributed by atoms with van der Waals surface area (Å²) in [5.74, 6) is -0.196. The highest BCUT2D eigenvalue weighted by molar-refractivity contribution is 7.14. The molecule has 1 saturated heterocycles. The number of hydrogen-bond acceptors (Lipinski definition) is 6. The molecule has 1 fully saturated rings. The normalized spacial score (nSPS) is 17.9. The van der Waals surface area contributed by atoms with Gasteiger partial charge in [-0.1, -0.05) is 37.3 Å². The molecule has 2 aromatic carbocycles. The van der Waals surface area contributed by atoms with E-state index in [0.29, 0.717) is 22.8 Å². The van der Waals surface area contributed by atoms with Gasteiger partial charge in [-0.3, -0.25) is 14.5 Å². The SMILES string of the molecule is CCC1(c2ccccc2)NC(=O)N(CC(=O)Nc2nc(-c3ccc(OC)cc3)cs2)C1=O. The van der Waals surface area contributed by atoms with Gasteiger partial charge in [0.25, 0.3) is 5.91 Å². The molecule has 0 spiro atoms. The Kier molecular flexibility index (Phi) is 5.91. The summed E-state index contributed by atoms with van der Waals surface area (Å²) in [6.45, 7) is 1.43. The van der Waals surface area contributed by atoms with Gasteiger partial charge in [-0.15, -0.1) is 11.3 Å². The molecule has 4 amide bonds. The molecular formula is C23H22N4O4S. The highest BCUT2D eigenvalue weighted by Gasteiger charge is 2.51. The van der Waals surface area contributed by atoms with Crippen LogP contribution in [0.2, 0.25) is 0 Å².